The van der Waals surface area contributed by atoms with Crippen molar-refractivity contribution >= 4 is 22.6 Å². The summed E-state index contributed by atoms with van der Waals surface area (Å²) in [6.45, 7) is 4.12. The highest BCUT2D eigenvalue weighted by Crippen LogP contribution is 2.30. The second-order valence-electron chi connectivity index (χ2n) is 8.16. The molecule has 0 atom stereocenters. The van der Waals surface area contributed by atoms with E-state index in [0.29, 0.717) is 5.65 Å². The molecule has 0 spiro atoms. The van der Waals surface area contributed by atoms with Gasteiger partial charge in [0, 0.05) is 17.3 Å². The van der Waals surface area contributed by atoms with Crippen molar-refractivity contribution < 1.29 is 4.79 Å². The van der Waals surface area contributed by atoms with Gasteiger partial charge in [-0.25, -0.2) is 9.67 Å². The number of rotatable bonds is 5. The lowest BCUT2D eigenvalue weighted by Gasteiger charge is -2.08. The second-order valence-corrected chi connectivity index (χ2v) is 8.16. The number of nitrogens with one attached hydrogen (secondary N) is 1. The van der Waals surface area contributed by atoms with Gasteiger partial charge in [0.05, 0.1) is 5.69 Å². The minimum absolute atomic E-state index is 0.0924. The van der Waals surface area contributed by atoms with Crippen LogP contribution in [-0.2, 0) is 11.3 Å². The first-order valence-electron chi connectivity index (χ1n) is 10.9. The predicted octanol–water partition coefficient (Wildman–Crippen LogP) is 6.02. The summed E-state index contributed by atoms with van der Waals surface area (Å²) >= 11 is 0. The summed E-state index contributed by atoms with van der Waals surface area (Å²) in [4.78, 5) is 17.3. The van der Waals surface area contributed by atoms with E-state index < -0.39 is 0 Å². The standard InChI is InChI=1S/C28H24N4O/c1-19-8-10-23(11-9-19)25-16-17-29-28-27(25)20(2)31-32(28)18-26(33)30-24-14-12-22(13-15-24)21-6-4-3-5-7-21/h3-17H,18H2,1-2H3,(H,30,33). The molecular formula is C28H24N4O. The molecule has 2 aromatic heterocycles. The van der Waals surface area contributed by atoms with Gasteiger partial charge in [0.25, 0.3) is 0 Å². The molecule has 5 rings (SSSR count). The monoisotopic (exact) mass is 432 g/mol. The summed E-state index contributed by atoms with van der Waals surface area (Å²) in [5.41, 5.74) is 7.96. The Balaban J connectivity index is 1.36. The van der Waals surface area contributed by atoms with Crippen LogP contribution in [0.3, 0.4) is 0 Å². The van der Waals surface area contributed by atoms with Gasteiger partial charge in [0.1, 0.15) is 6.54 Å². The molecule has 0 saturated carbocycles. The summed E-state index contributed by atoms with van der Waals surface area (Å²) in [5, 5.41) is 8.56. The van der Waals surface area contributed by atoms with Crippen LogP contribution in [0.1, 0.15) is 11.3 Å². The molecule has 5 aromatic rings. The number of aryl methyl sites for hydroxylation is 2. The molecule has 0 radical (unpaired) electrons. The lowest BCUT2D eigenvalue weighted by Crippen LogP contribution is -2.19. The molecule has 0 aliphatic carbocycles. The summed E-state index contributed by atoms with van der Waals surface area (Å²) in [6, 6.07) is 28.4. The third kappa shape index (κ3) is 4.26. The van der Waals surface area contributed by atoms with Crippen LogP contribution in [0.2, 0.25) is 0 Å². The molecular weight excluding hydrogens is 408 g/mol. The Morgan fingerprint density at radius 3 is 2.21 bits per heavy atom. The average molecular weight is 433 g/mol. The number of benzene rings is 3. The highest BCUT2D eigenvalue weighted by atomic mass is 16.2. The zero-order valence-electron chi connectivity index (χ0n) is 18.6. The first kappa shape index (κ1) is 20.6. The van der Waals surface area contributed by atoms with Crippen molar-refractivity contribution in [3.63, 3.8) is 0 Å². The molecule has 5 nitrogen and oxygen atoms in total. The number of fused-ring (bicyclic) bond motifs is 1. The molecule has 33 heavy (non-hydrogen) atoms. The number of pyridine rings is 1. The molecule has 162 valence electrons. The van der Waals surface area contributed by atoms with Crippen molar-refractivity contribution in [2.45, 2.75) is 20.4 Å². The van der Waals surface area contributed by atoms with Gasteiger partial charge < -0.3 is 5.32 Å². The Morgan fingerprint density at radius 2 is 1.48 bits per heavy atom. The Morgan fingerprint density at radius 1 is 0.818 bits per heavy atom. The van der Waals surface area contributed by atoms with E-state index in [1.807, 2.05) is 55.5 Å². The van der Waals surface area contributed by atoms with Crippen molar-refractivity contribution in [3.8, 4) is 22.3 Å². The summed E-state index contributed by atoms with van der Waals surface area (Å²) in [7, 11) is 0. The van der Waals surface area contributed by atoms with E-state index in [4.69, 9.17) is 0 Å². The Kier molecular flexibility index (Phi) is 5.45. The van der Waals surface area contributed by atoms with Crippen LogP contribution in [-0.4, -0.2) is 20.7 Å². The average Bonchev–Trinajstić information content (AvgIpc) is 3.16. The van der Waals surface area contributed by atoms with Crippen molar-refractivity contribution in [3.05, 3.63) is 102 Å². The quantitative estimate of drug-likeness (QED) is 0.369. The molecule has 0 unspecified atom stereocenters. The molecule has 3 aromatic carbocycles. The van der Waals surface area contributed by atoms with Crippen molar-refractivity contribution in [1.29, 1.82) is 0 Å². The van der Waals surface area contributed by atoms with Gasteiger partial charge in [-0.2, -0.15) is 5.10 Å². The number of nitrogens with zero attached hydrogens (tertiary/aromatic N) is 3. The fourth-order valence-corrected chi connectivity index (χ4v) is 4.08. The van der Waals surface area contributed by atoms with Gasteiger partial charge in [0.2, 0.25) is 5.91 Å². The number of hydrogen-bond donors (Lipinski definition) is 1. The zero-order valence-corrected chi connectivity index (χ0v) is 18.6. The second kappa shape index (κ2) is 8.71. The molecule has 0 bridgehead atoms. The number of carbonyl (C=O) groups is 1. The Hall–Kier alpha value is -4.25. The maximum atomic E-state index is 12.8. The first-order valence-corrected chi connectivity index (χ1v) is 10.9. The van der Waals surface area contributed by atoms with Crippen molar-refractivity contribution in [1.82, 2.24) is 14.8 Å². The maximum absolute atomic E-state index is 12.8. The molecule has 5 heteroatoms. The van der Waals surface area contributed by atoms with Gasteiger partial charge in [-0.1, -0.05) is 72.3 Å². The molecule has 0 fully saturated rings. The smallest absolute Gasteiger partial charge is 0.246 e. The van der Waals surface area contributed by atoms with Crippen molar-refractivity contribution in [2.75, 3.05) is 5.32 Å². The third-order valence-electron chi connectivity index (χ3n) is 5.74. The number of hydrogen-bond acceptors (Lipinski definition) is 3. The first-order chi connectivity index (χ1) is 16.1. The summed E-state index contributed by atoms with van der Waals surface area (Å²) in [5.74, 6) is -0.144. The molecule has 2 heterocycles. The van der Waals surface area contributed by atoms with Crippen LogP contribution in [0.4, 0.5) is 5.69 Å². The van der Waals surface area contributed by atoms with Crippen LogP contribution >= 0.6 is 0 Å². The maximum Gasteiger partial charge on any atom is 0.246 e. The largest absolute Gasteiger partial charge is 0.324 e. The van der Waals surface area contributed by atoms with Gasteiger partial charge in [-0.15, -0.1) is 0 Å². The highest BCUT2D eigenvalue weighted by molar-refractivity contribution is 5.96. The van der Waals surface area contributed by atoms with Crippen LogP contribution in [0.15, 0.2) is 91.1 Å². The number of carbonyl (C=O) groups excluding carboxylic acids is 1. The van der Waals surface area contributed by atoms with E-state index in [1.54, 1.807) is 10.9 Å². The molecule has 1 amide bonds. The fraction of sp³-hybridized carbons (Fsp3) is 0.107. The predicted molar refractivity (Wildman–Crippen MR) is 133 cm³/mol. The van der Waals surface area contributed by atoms with E-state index in [0.717, 1.165) is 39.0 Å². The van der Waals surface area contributed by atoms with E-state index in [-0.39, 0.29) is 12.5 Å². The number of anilines is 1. The normalized spacial score (nSPS) is 11.0. The van der Waals surface area contributed by atoms with Gasteiger partial charge >= 0.3 is 0 Å². The lowest BCUT2D eigenvalue weighted by atomic mass is 10.0. The number of amides is 1. The van der Waals surface area contributed by atoms with E-state index >= 15 is 0 Å². The van der Waals surface area contributed by atoms with Crippen LogP contribution in [0.5, 0.6) is 0 Å². The summed E-state index contributed by atoms with van der Waals surface area (Å²) in [6.07, 6.45) is 1.77. The molecule has 0 aliphatic heterocycles. The lowest BCUT2D eigenvalue weighted by molar-refractivity contribution is -0.116. The minimum Gasteiger partial charge on any atom is -0.324 e. The summed E-state index contributed by atoms with van der Waals surface area (Å²) < 4.78 is 1.68. The molecule has 1 N–H and O–H groups in total. The number of aromatic nitrogens is 3. The molecule has 0 aliphatic rings. The van der Waals surface area contributed by atoms with Crippen LogP contribution < -0.4 is 5.32 Å². The van der Waals surface area contributed by atoms with E-state index in [1.165, 1.54) is 5.56 Å². The van der Waals surface area contributed by atoms with E-state index in [2.05, 4.69) is 58.7 Å². The zero-order chi connectivity index (χ0) is 22.8. The van der Waals surface area contributed by atoms with Gasteiger partial charge in [-0.05, 0) is 54.3 Å². The third-order valence-corrected chi connectivity index (χ3v) is 5.74. The topological polar surface area (TPSA) is 59.8 Å². The fourth-order valence-electron chi connectivity index (χ4n) is 4.08. The van der Waals surface area contributed by atoms with Crippen LogP contribution in [0, 0.1) is 13.8 Å². The SMILES string of the molecule is Cc1ccc(-c2ccnc3c2c(C)nn3CC(=O)Nc2ccc(-c3ccccc3)cc2)cc1. The Bertz CT molecular complexity index is 1420. The van der Waals surface area contributed by atoms with Crippen LogP contribution in [0.25, 0.3) is 33.3 Å². The van der Waals surface area contributed by atoms with Gasteiger partial charge in [-0.3, -0.25) is 4.79 Å². The van der Waals surface area contributed by atoms with E-state index in [9.17, 15) is 4.79 Å². The minimum atomic E-state index is -0.144. The van der Waals surface area contributed by atoms with Crippen molar-refractivity contribution in [2.24, 2.45) is 0 Å². The van der Waals surface area contributed by atoms with Gasteiger partial charge in [0.15, 0.2) is 5.65 Å². The molecule has 0 saturated heterocycles. The Labute approximate surface area is 192 Å². The highest BCUT2D eigenvalue weighted by Gasteiger charge is 2.16.